The first-order valence-electron chi connectivity index (χ1n) is 7.65. The van der Waals surface area contributed by atoms with Crippen molar-refractivity contribution in [3.8, 4) is 5.69 Å². The van der Waals surface area contributed by atoms with E-state index in [1.54, 1.807) is 27.8 Å². The van der Waals surface area contributed by atoms with Crippen LogP contribution in [0.2, 0.25) is 5.02 Å². The van der Waals surface area contributed by atoms with Crippen LogP contribution in [0.5, 0.6) is 0 Å². The van der Waals surface area contributed by atoms with Crippen molar-refractivity contribution in [1.29, 1.82) is 0 Å². The lowest BCUT2D eigenvalue weighted by molar-refractivity contribution is 0.628. The molecule has 0 atom stereocenters. The van der Waals surface area contributed by atoms with Crippen molar-refractivity contribution in [3.05, 3.63) is 75.7 Å². The summed E-state index contributed by atoms with van der Waals surface area (Å²) >= 11 is 9.57. The van der Waals surface area contributed by atoms with Crippen LogP contribution in [0.1, 0.15) is 5.69 Å². The summed E-state index contributed by atoms with van der Waals surface area (Å²) in [5.41, 5.74) is 2.39. The zero-order chi connectivity index (χ0) is 17.4. The topological polar surface area (TPSA) is 39.8 Å². The number of fused-ring (bicyclic) bond motifs is 1. The number of thioether (sulfide) groups is 1. The second-order valence-corrected chi connectivity index (χ2v) is 8.10. The van der Waals surface area contributed by atoms with Gasteiger partial charge in [0.05, 0.1) is 21.6 Å². The predicted molar refractivity (Wildman–Crippen MR) is 105 cm³/mol. The quantitative estimate of drug-likeness (QED) is 0.475. The summed E-state index contributed by atoms with van der Waals surface area (Å²) < 4.78 is 5.54. The largest absolute Gasteiger partial charge is 0.290 e. The maximum atomic E-state index is 12.6. The lowest BCUT2D eigenvalue weighted by atomic mass is 10.3. The van der Waals surface area contributed by atoms with Crippen LogP contribution in [-0.2, 0) is 12.8 Å². The molecule has 0 fully saturated rings. The van der Waals surface area contributed by atoms with Crippen molar-refractivity contribution in [2.24, 2.45) is 7.05 Å². The molecule has 0 aliphatic carbocycles. The Morgan fingerprint density at radius 3 is 2.60 bits per heavy atom. The number of aromatic nitrogens is 3. The maximum Gasteiger partial charge on any atom is 0.290 e. The highest BCUT2D eigenvalue weighted by Crippen LogP contribution is 2.32. The molecule has 0 aliphatic heterocycles. The van der Waals surface area contributed by atoms with Gasteiger partial charge in [0.1, 0.15) is 5.02 Å². The molecule has 2 aromatic carbocycles. The average molecular weight is 388 g/mol. The van der Waals surface area contributed by atoms with Crippen LogP contribution in [0.15, 0.2) is 63.7 Å². The second-order valence-electron chi connectivity index (χ2n) is 5.47. The van der Waals surface area contributed by atoms with E-state index in [1.165, 1.54) is 0 Å². The molecule has 0 amide bonds. The SMILES string of the molecule is Cn1c(CSc2nc3ccccc3s2)c(Cl)c(=O)n1-c1ccccc1. The van der Waals surface area contributed by atoms with Gasteiger partial charge in [0.25, 0.3) is 5.56 Å². The molecule has 0 aliphatic rings. The molecule has 2 heterocycles. The van der Waals surface area contributed by atoms with E-state index < -0.39 is 0 Å². The summed E-state index contributed by atoms with van der Waals surface area (Å²) in [7, 11) is 1.86. The molecule has 0 unspecified atom stereocenters. The van der Waals surface area contributed by atoms with Gasteiger partial charge in [0.15, 0.2) is 4.34 Å². The van der Waals surface area contributed by atoms with E-state index in [-0.39, 0.29) is 10.6 Å². The first-order chi connectivity index (χ1) is 12.1. The van der Waals surface area contributed by atoms with E-state index in [2.05, 4.69) is 11.1 Å². The fourth-order valence-corrected chi connectivity index (χ4v) is 5.16. The number of benzene rings is 2. The third-order valence-electron chi connectivity index (χ3n) is 3.93. The molecule has 7 heteroatoms. The molecule has 4 aromatic rings. The Morgan fingerprint density at radius 1 is 1.12 bits per heavy atom. The van der Waals surface area contributed by atoms with Crippen molar-refractivity contribution < 1.29 is 0 Å². The van der Waals surface area contributed by atoms with Crippen molar-refractivity contribution in [2.45, 2.75) is 10.1 Å². The number of para-hydroxylation sites is 2. The maximum absolute atomic E-state index is 12.6. The molecule has 0 saturated heterocycles. The number of rotatable bonds is 4. The summed E-state index contributed by atoms with van der Waals surface area (Å²) in [5.74, 6) is 0.588. The highest BCUT2D eigenvalue weighted by atomic mass is 35.5. The van der Waals surface area contributed by atoms with E-state index in [0.717, 1.165) is 25.9 Å². The number of hydrogen-bond donors (Lipinski definition) is 0. The Bertz CT molecular complexity index is 1070. The molecule has 0 spiro atoms. The standard InChI is InChI=1S/C18H14ClN3OS2/c1-21-14(11-24-18-20-13-9-5-6-10-15(13)25-18)16(19)17(23)22(21)12-7-3-2-4-8-12/h2-10H,11H2,1H3. The first kappa shape index (κ1) is 16.4. The summed E-state index contributed by atoms with van der Waals surface area (Å²) in [6.45, 7) is 0. The van der Waals surface area contributed by atoms with Crippen LogP contribution in [0, 0.1) is 0 Å². The molecule has 25 heavy (non-hydrogen) atoms. The fourth-order valence-electron chi connectivity index (χ4n) is 2.67. The van der Waals surface area contributed by atoms with Crippen molar-refractivity contribution in [1.82, 2.24) is 14.3 Å². The highest BCUT2D eigenvalue weighted by Gasteiger charge is 2.18. The van der Waals surface area contributed by atoms with Crippen molar-refractivity contribution >= 4 is 44.9 Å². The molecule has 0 radical (unpaired) electrons. The lowest BCUT2D eigenvalue weighted by Crippen LogP contribution is -2.19. The molecule has 0 saturated carbocycles. The van der Waals surface area contributed by atoms with Crippen LogP contribution in [0.25, 0.3) is 15.9 Å². The van der Waals surface area contributed by atoms with E-state index in [0.29, 0.717) is 5.75 Å². The summed E-state index contributed by atoms with van der Waals surface area (Å²) in [6.07, 6.45) is 0. The minimum atomic E-state index is -0.199. The Kier molecular flexibility index (Phi) is 4.41. The van der Waals surface area contributed by atoms with Gasteiger partial charge in [-0.15, -0.1) is 11.3 Å². The van der Waals surface area contributed by atoms with Crippen molar-refractivity contribution in [2.75, 3.05) is 0 Å². The van der Waals surface area contributed by atoms with E-state index >= 15 is 0 Å². The Balaban J connectivity index is 1.66. The third-order valence-corrected chi connectivity index (χ3v) is 6.50. The number of nitrogens with zero attached hydrogens (tertiary/aromatic N) is 3. The van der Waals surface area contributed by atoms with Crippen LogP contribution in [-0.4, -0.2) is 14.3 Å². The Hall–Kier alpha value is -2.02. The fraction of sp³-hybridized carbons (Fsp3) is 0.111. The number of thiazole rings is 1. The van der Waals surface area contributed by atoms with Crippen LogP contribution >= 0.6 is 34.7 Å². The van der Waals surface area contributed by atoms with Gasteiger partial charge in [0, 0.05) is 12.8 Å². The highest BCUT2D eigenvalue weighted by molar-refractivity contribution is 8.00. The minimum absolute atomic E-state index is 0.199. The van der Waals surface area contributed by atoms with Crippen LogP contribution < -0.4 is 5.56 Å². The molecular formula is C18H14ClN3OS2. The van der Waals surface area contributed by atoms with Gasteiger partial charge >= 0.3 is 0 Å². The van der Waals surface area contributed by atoms with Gasteiger partial charge in [0.2, 0.25) is 0 Å². The van der Waals surface area contributed by atoms with Gasteiger partial charge in [-0.25, -0.2) is 9.67 Å². The third kappa shape index (κ3) is 3.01. The summed E-state index contributed by atoms with van der Waals surface area (Å²) in [6, 6.07) is 17.6. The van der Waals surface area contributed by atoms with E-state index in [4.69, 9.17) is 11.6 Å². The Labute approximate surface area is 157 Å². The predicted octanol–water partition coefficient (Wildman–Crippen LogP) is 4.73. The number of halogens is 1. The smallest absolute Gasteiger partial charge is 0.283 e. The van der Waals surface area contributed by atoms with Gasteiger partial charge in [-0.05, 0) is 24.3 Å². The van der Waals surface area contributed by atoms with Crippen molar-refractivity contribution in [3.63, 3.8) is 0 Å². The molecular weight excluding hydrogens is 374 g/mol. The van der Waals surface area contributed by atoms with E-state index in [1.807, 2.05) is 60.3 Å². The zero-order valence-corrected chi connectivity index (χ0v) is 15.7. The molecule has 4 rings (SSSR count). The monoisotopic (exact) mass is 387 g/mol. The first-order valence-corrected chi connectivity index (χ1v) is 9.83. The van der Waals surface area contributed by atoms with E-state index in [9.17, 15) is 4.79 Å². The summed E-state index contributed by atoms with van der Waals surface area (Å²) in [5, 5.41) is 0.264. The van der Waals surface area contributed by atoms with Gasteiger partial charge in [-0.2, -0.15) is 0 Å². The zero-order valence-electron chi connectivity index (χ0n) is 13.3. The molecule has 0 bridgehead atoms. The molecule has 2 aromatic heterocycles. The molecule has 126 valence electrons. The van der Waals surface area contributed by atoms with Gasteiger partial charge < -0.3 is 0 Å². The minimum Gasteiger partial charge on any atom is -0.283 e. The molecule has 4 nitrogen and oxygen atoms in total. The van der Waals surface area contributed by atoms with Gasteiger partial charge in [-0.3, -0.25) is 9.48 Å². The number of hydrogen-bond acceptors (Lipinski definition) is 4. The van der Waals surface area contributed by atoms with Crippen LogP contribution in [0.3, 0.4) is 0 Å². The summed E-state index contributed by atoms with van der Waals surface area (Å²) in [4.78, 5) is 17.2. The Morgan fingerprint density at radius 2 is 1.84 bits per heavy atom. The molecule has 0 N–H and O–H groups in total. The lowest BCUT2D eigenvalue weighted by Gasteiger charge is -2.09. The second kappa shape index (κ2) is 6.71. The van der Waals surface area contributed by atoms with Gasteiger partial charge in [-0.1, -0.05) is 53.7 Å². The normalized spacial score (nSPS) is 11.3. The van der Waals surface area contributed by atoms with Crippen LogP contribution in [0.4, 0.5) is 0 Å². The average Bonchev–Trinajstić information content (AvgIpc) is 3.13.